The van der Waals surface area contributed by atoms with Gasteiger partial charge in [-0.25, -0.2) is 0 Å². The molecule has 0 bridgehead atoms. The van der Waals surface area contributed by atoms with E-state index in [1.807, 2.05) is 24.3 Å². The average Bonchev–Trinajstić information content (AvgIpc) is 2.46. The van der Waals surface area contributed by atoms with Crippen molar-refractivity contribution in [3.8, 4) is 5.75 Å². The molecule has 1 aliphatic carbocycles. The van der Waals surface area contributed by atoms with Gasteiger partial charge in [0.1, 0.15) is 5.75 Å². The van der Waals surface area contributed by atoms with Gasteiger partial charge in [-0.1, -0.05) is 28.1 Å². The van der Waals surface area contributed by atoms with Gasteiger partial charge >= 0.3 is 6.18 Å². The van der Waals surface area contributed by atoms with Crippen molar-refractivity contribution in [3.63, 3.8) is 0 Å². The summed E-state index contributed by atoms with van der Waals surface area (Å²) in [5.74, 6) is 0.0213. The molecule has 0 aromatic heterocycles. The van der Waals surface area contributed by atoms with Gasteiger partial charge in [0.05, 0.1) is 13.0 Å². The van der Waals surface area contributed by atoms with E-state index >= 15 is 0 Å². The van der Waals surface area contributed by atoms with E-state index in [4.69, 9.17) is 4.74 Å². The van der Waals surface area contributed by atoms with E-state index in [9.17, 15) is 13.2 Å². The molecule has 1 nitrogen and oxygen atoms in total. The third kappa shape index (κ3) is 4.63. The van der Waals surface area contributed by atoms with Gasteiger partial charge in [0, 0.05) is 4.83 Å². The van der Waals surface area contributed by atoms with E-state index in [0.717, 1.165) is 17.7 Å². The topological polar surface area (TPSA) is 9.23 Å². The van der Waals surface area contributed by atoms with Gasteiger partial charge in [-0.15, -0.1) is 0 Å². The molecular formula is C16H20BrF3O. The maximum Gasteiger partial charge on any atom is 0.391 e. The summed E-state index contributed by atoms with van der Waals surface area (Å²) in [6.45, 7) is 0. The molecule has 1 saturated carbocycles. The Kier molecular flexibility index (Phi) is 5.58. The largest absolute Gasteiger partial charge is 0.497 e. The molecular weight excluding hydrogens is 345 g/mol. The van der Waals surface area contributed by atoms with Crippen LogP contribution in [0.5, 0.6) is 5.75 Å². The number of methoxy groups -OCH3 is 1. The molecule has 0 spiro atoms. The van der Waals surface area contributed by atoms with Crippen LogP contribution in [-0.2, 0) is 6.42 Å². The summed E-state index contributed by atoms with van der Waals surface area (Å²) in [6.07, 6.45) is -1.41. The molecule has 0 radical (unpaired) electrons. The summed E-state index contributed by atoms with van der Waals surface area (Å²) >= 11 is 3.67. The number of hydrogen-bond donors (Lipinski definition) is 0. The molecule has 2 rings (SSSR count). The Morgan fingerprint density at radius 2 is 1.90 bits per heavy atom. The van der Waals surface area contributed by atoms with Crippen LogP contribution >= 0.6 is 15.9 Å². The molecule has 0 saturated heterocycles. The van der Waals surface area contributed by atoms with Gasteiger partial charge in [-0.2, -0.15) is 13.2 Å². The Morgan fingerprint density at radius 1 is 1.24 bits per heavy atom. The van der Waals surface area contributed by atoms with Crippen LogP contribution < -0.4 is 4.74 Å². The Balaban J connectivity index is 1.88. The molecule has 1 aliphatic rings. The van der Waals surface area contributed by atoms with Gasteiger partial charge in [0.2, 0.25) is 0 Å². The van der Waals surface area contributed by atoms with Crippen molar-refractivity contribution in [1.82, 2.24) is 0 Å². The number of alkyl halides is 4. The summed E-state index contributed by atoms with van der Waals surface area (Å²) in [4.78, 5) is 0.221. The average molecular weight is 365 g/mol. The Bertz CT molecular complexity index is 453. The molecule has 1 unspecified atom stereocenters. The molecule has 0 N–H and O–H groups in total. The predicted molar refractivity (Wildman–Crippen MR) is 80.9 cm³/mol. The first-order chi connectivity index (χ1) is 9.90. The normalized spacial score (nSPS) is 24.6. The zero-order valence-corrected chi connectivity index (χ0v) is 13.6. The molecule has 5 heteroatoms. The van der Waals surface area contributed by atoms with Crippen LogP contribution in [0, 0.1) is 11.8 Å². The van der Waals surface area contributed by atoms with Crippen molar-refractivity contribution < 1.29 is 17.9 Å². The van der Waals surface area contributed by atoms with Gasteiger partial charge in [0.25, 0.3) is 0 Å². The molecule has 118 valence electrons. The minimum absolute atomic E-state index is 0.221. The lowest BCUT2D eigenvalue weighted by molar-refractivity contribution is -0.183. The van der Waals surface area contributed by atoms with E-state index in [2.05, 4.69) is 15.9 Å². The highest BCUT2D eigenvalue weighted by molar-refractivity contribution is 9.09. The third-order valence-electron chi connectivity index (χ3n) is 4.31. The van der Waals surface area contributed by atoms with Crippen LogP contribution in [0.4, 0.5) is 13.2 Å². The third-order valence-corrected chi connectivity index (χ3v) is 5.38. The van der Waals surface area contributed by atoms with Gasteiger partial charge in [-0.3, -0.25) is 0 Å². The lowest BCUT2D eigenvalue weighted by atomic mass is 9.79. The summed E-state index contributed by atoms with van der Waals surface area (Å²) in [5, 5.41) is 0. The smallest absolute Gasteiger partial charge is 0.391 e. The second-order valence-corrected chi connectivity index (χ2v) is 6.90. The van der Waals surface area contributed by atoms with E-state index in [1.54, 1.807) is 7.11 Å². The Hall–Kier alpha value is -0.710. The highest BCUT2D eigenvalue weighted by atomic mass is 79.9. The maximum atomic E-state index is 12.7. The summed E-state index contributed by atoms with van der Waals surface area (Å²) in [5.41, 5.74) is 1.15. The fourth-order valence-corrected chi connectivity index (χ4v) is 3.90. The molecule has 1 aromatic carbocycles. The van der Waals surface area contributed by atoms with E-state index in [-0.39, 0.29) is 17.7 Å². The zero-order chi connectivity index (χ0) is 15.5. The van der Waals surface area contributed by atoms with Gasteiger partial charge in [0.15, 0.2) is 0 Å². The van der Waals surface area contributed by atoms with Crippen LogP contribution in [0.1, 0.15) is 31.2 Å². The van der Waals surface area contributed by atoms with Crippen molar-refractivity contribution in [3.05, 3.63) is 29.8 Å². The fraction of sp³-hybridized carbons (Fsp3) is 0.625. The van der Waals surface area contributed by atoms with E-state index in [1.165, 1.54) is 0 Å². The lowest BCUT2D eigenvalue weighted by Gasteiger charge is -2.32. The lowest BCUT2D eigenvalue weighted by Crippen LogP contribution is -2.30. The number of rotatable bonds is 4. The van der Waals surface area contributed by atoms with Crippen molar-refractivity contribution in [2.75, 3.05) is 7.11 Å². The molecule has 21 heavy (non-hydrogen) atoms. The monoisotopic (exact) mass is 364 g/mol. The number of benzene rings is 1. The number of halogens is 4. The molecule has 0 amide bonds. The summed E-state index contributed by atoms with van der Waals surface area (Å²) < 4.78 is 43.2. The minimum Gasteiger partial charge on any atom is -0.497 e. The van der Waals surface area contributed by atoms with Crippen molar-refractivity contribution >= 4 is 15.9 Å². The number of hydrogen-bond acceptors (Lipinski definition) is 1. The van der Waals surface area contributed by atoms with Crippen LogP contribution in [0.3, 0.4) is 0 Å². The molecule has 1 fully saturated rings. The van der Waals surface area contributed by atoms with Crippen LogP contribution in [0.15, 0.2) is 24.3 Å². The second kappa shape index (κ2) is 7.03. The molecule has 1 aromatic rings. The van der Waals surface area contributed by atoms with Crippen LogP contribution in [0.25, 0.3) is 0 Å². The first-order valence-corrected chi connectivity index (χ1v) is 8.15. The summed E-state index contributed by atoms with van der Waals surface area (Å²) in [7, 11) is 1.63. The van der Waals surface area contributed by atoms with E-state index < -0.39 is 12.1 Å². The number of ether oxygens (including phenoxy) is 1. The Morgan fingerprint density at radius 3 is 2.48 bits per heavy atom. The highest BCUT2D eigenvalue weighted by Gasteiger charge is 2.42. The maximum absolute atomic E-state index is 12.7. The van der Waals surface area contributed by atoms with Crippen LogP contribution in [-0.4, -0.2) is 18.1 Å². The first-order valence-electron chi connectivity index (χ1n) is 7.24. The van der Waals surface area contributed by atoms with E-state index in [0.29, 0.717) is 18.8 Å². The zero-order valence-electron chi connectivity index (χ0n) is 12.0. The van der Waals surface area contributed by atoms with Crippen LogP contribution in [0.2, 0.25) is 0 Å². The predicted octanol–water partition coefficient (Wildman–Crippen LogP) is 5.37. The SMILES string of the molecule is COc1cccc(CC(Br)C2CCC(C(F)(F)F)CC2)c1. The quantitative estimate of drug-likeness (QED) is 0.652. The first kappa shape index (κ1) is 16.7. The van der Waals surface area contributed by atoms with Crippen molar-refractivity contribution in [2.45, 2.75) is 43.1 Å². The molecule has 0 aliphatic heterocycles. The molecule has 1 atom stereocenters. The second-order valence-electron chi connectivity index (χ2n) is 5.72. The van der Waals surface area contributed by atoms with Gasteiger partial charge < -0.3 is 4.74 Å². The van der Waals surface area contributed by atoms with Gasteiger partial charge in [-0.05, 0) is 55.7 Å². The Labute approximate surface area is 132 Å². The minimum atomic E-state index is -4.03. The highest BCUT2D eigenvalue weighted by Crippen LogP contribution is 2.42. The van der Waals surface area contributed by atoms with Crippen molar-refractivity contribution in [1.29, 1.82) is 0 Å². The standard InChI is InChI=1S/C16H20BrF3O/c1-21-14-4-2-3-11(9-14)10-15(17)12-5-7-13(8-6-12)16(18,19)20/h2-4,9,12-13,15H,5-8,10H2,1H3. The summed E-state index contributed by atoms with van der Waals surface area (Å²) in [6, 6.07) is 7.84. The van der Waals surface area contributed by atoms with Crippen molar-refractivity contribution in [2.24, 2.45) is 11.8 Å². The molecule has 0 heterocycles. The fourth-order valence-electron chi connectivity index (χ4n) is 3.00.